The third kappa shape index (κ3) is 1.50. The molecule has 0 spiro atoms. The summed E-state index contributed by atoms with van der Waals surface area (Å²) in [6, 6.07) is 0. The Balaban J connectivity index is 2.93. The van der Waals surface area contributed by atoms with Crippen LogP contribution in [0.25, 0.3) is 0 Å². The van der Waals surface area contributed by atoms with Crippen molar-refractivity contribution in [3.05, 3.63) is 12.2 Å². The minimum atomic E-state index is -0.322. The molecule has 0 radical (unpaired) electrons. The van der Waals surface area contributed by atoms with Gasteiger partial charge in [0.25, 0.3) is 11.8 Å². The lowest BCUT2D eigenvalue weighted by Gasteiger charge is -2.35. The van der Waals surface area contributed by atoms with Crippen LogP contribution in [0.3, 0.4) is 0 Å². The van der Waals surface area contributed by atoms with E-state index >= 15 is 0 Å². The Morgan fingerprint density at radius 3 is 1.85 bits per heavy atom. The summed E-state index contributed by atoms with van der Waals surface area (Å²) in [5, 5.41) is 0. The fourth-order valence-electron chi connectivity index (χ4n) is 1.50. The number of imide groups is 1. The molecule has 72 valence electrons. The second-order valence-corrected chi connectivity index (χ2v) is 3.55. The molecule has 0 unspecified atom stereocenters. The highest BCUT2D eigenvalue weighted by atomic mass is 16.2. The molecule has 13 heavy (non-hydrogen) atoms. The van der Waals surface area contributed by atoms with Crippen molar-refractivity contribution >= 4 is 11.8 Å². The van der Waals surface area contributed by atoms with Crippen molar-refractivity contribution < 1.29 is 9.59 Å². The summed E-state index contributed by atoms with van der Waals surface area (Å²) in [6.07, 6.45) is 4.27. The van der Waals surface area contributed by atoms with Gasteiger partial charge in [-0.15, -0.1) is 0 Å². The normalized spacial score (nSPS) is 17.3. The molecular formula is C10H15NO2. The molecule has 0 N–H and O–H groups in total. The van der Waals surface area contributed by atoms with Crippen LogP contribution in [0.4, 0.5) is 0 Å². The van der Waals surface area contributed by atoms with E-state index in [0.29, 0.717) is 0 Å². The Morgan fingerprint density at radius 1 is 1.15 bits per heavy atom. The van der Waals surface area contributed by atoms with Gasteiger partial charge in [-0.25, -0.2) is 0 Å². The van der Waals surface area contributed by atoms with Crippen molar-refractivity contribution in [2.24, 2.45) is 0 Å². The van der Waals surface area contributed by atoms with Crippen molar-refractivity contribution in [1.82, 2.24) is 4.90 Å². The van der Waals surface area contributed by atoms with Crippen molar-refractivity contribution in [1.29, 1.82) is 0 Å². The molecule has 0 bridgehead atoms. The van der Waals surface area contributed by atoms with Crippen LogP contribution in [0, 0.1) is 0 Å². The zero-order valence-corrected chi connectivity index (χ0v) is 8.33. The minimum absolute atomic E-state index is 0.184. The van der Waals surface area contributed by atoms with E-state index in [1.54, 1.807) is 0 Å². The molecule has 0 saturated carbocycles. The molecular weight excluding hydrogens is 166 g/mol. The van der Waals surface area contributed by atoms with Crippen LogP contribution in [-0.2, 0) is 9.59 Å². The van der Waals surface area contributed by atoms with Crippen molar-refractivity contribution in [3.8, 4) is 0 Å². The maximum Gasteiger partial charge on any atom is 0.254 e. The van der Waals surface area contributed by atoms with Gasteiger partial charge >= 0.3 is 0 Å². The Kier molecular flexibility index (Phi) is 2.55. The van der Waals surface area contributed by atoms with E-state index in [9.17, 15) is 9.59 Å². The first-order valence-electron chi connectivity index (χ1n) is 4.61. The first-order valence-corrected chi connectivity index (χ1v) is 4.61. The fraction of sp³-hybridized carbons (Fsp3) is 0.600. The highest BCUT2D eigenvalue weighted by molar-refractivity contribution is 6.13. The molecule has 2 amide bonds. The van der Waals surface area contributed by atoms with Gasteiger partial charge in [0.1, 0.15) is 0 Å². The second kappa shape index (κ2) is 3.32. The standard InChI is InChI=1S/C10H15NO2/c1-4-10(3,5-2)11-8(12)6-7-9(11)13/h6-7H,4-5H2,1-3H3. The van der Waals surface area contributed by atoms with E-state index in [1.807, 2.05) is 20.8 Å². The van der Waals surface area contributed by atoms with E-state index in [4.69, 9.17) is 0 Å². The third-order valence-electron chi connectivity index (χ3n) is 2.87. The number of amides is 2. The van der Waals surface area contributed by atoms with E-state index in [-0.39, 0.29) is 17.4 Å². The van der Waals surface area contributed by atoms with E-state index in [2.05, 4.69) is 0 Å². The van der Waals surface area contributed by atoms with Gasteiger partial charge in [-0.05, 0) is 19.8 Å². The van der Waals surface area contributed by atoms with Gasteiger partial charge in [-0.3, -0.25) is 14.5 Å². The van der Waals surface area contributed by atoms with E-state index in [1.165, 1.54) is 17.1 Å². The third-order valence-corrected chi connectivity index (χ3v) is 2.87. The Hall–Kier alpha value is -1.12. The highest BCUT2D eigenvalue weighted by Gasteiger charge is 2.37. The molecule has 0 aliphatic carbocycles. The van der Waals surface area contributed by atoms with Gasteiger partial charge < -0.3 is 0 Å². The van der Waals surface area contributed by atoms with Crippen LogP contribution in [0.5, 0.6) is 0 Å². The highest BCUT2D eigenvalue weighted by Crippen LogP contribution is 2.26. The van der Waals surface area contributed by atoms with Gasteiger partial charge in [0.05, 0.1) is 0 Å². The van der Waals surface area contributed by atoms with Crippen LogP contribution in [-0.4, -0.2) is 22.3 Å². The largest absolute Gasteiger partial charge is 0.269 e. The van der Waals surface area contributed by atoms with Crippen LogP contribution >= 0.6 is 0 Å². The van der Waals surface area contributed by atoms with Crippen LogP contribution in [0.1, 0.15) is 33.6 Å². The number of carbonyl (C=O) groups is 2. The summed E-state index contributed by atoms with van der Waals surface area (Å²) in [7, 11) is 0. The summed E-state index contributed by atoms with van der Waals surface area (Å²) < 4.78 is 0. The summed E-state index contributed by atoms with van der Waals surface area (Å²) in [5.41, 5.74) is -0.322. The van der Waals surface area contributed by atoms with Gasteiger partial charge in [0.15, 0.2) is 0 Å². The number of carbonyl (C=O) groups excluding carboxylic acids is 2. The summed E-state index contributed by atoms with van der Waals surface area (Å²) >= 11 is 0. The van der Waals surface area contributed by atoms with Gasteiger partial charge in [0, 0.05) is 17.7 Å². The molecule has 1 aliphatic rings. The molecule has 0 fully saturated rings. The Morgan fingerprint density at radius 2 is 1.54 bits per heavy atom. The number of nitrogens with zero attached hydrogens (tertiary/aromatic N) is 1. The van der Waals surface area contributed by atoms with Crippen LogP contribution < -0.4 is 0 Å². The van der Waals surface area contributed by atoms with Crippen molar-refractivity contribution in [3.63, 3.8) is 0 Å². The average Bonchev–Trinajstić information content (AvgIpc) is 2.46. The summed E-state index contributed by atoms with van der Waals surface area (Å²) in [4.78, 5) is 24.1. The monoisotopic (exact) mass is 181 g/mol. The number of hydrogen-bond donors (Lipinski definition) is 0. The molecule has 3 heteroatoms. The first kappa shape index (κ1) is 9.96. The topological polar surface area (TPSA) is 37.4 Å². The predicted octanol–water partition coefficient (Wildman–Crippen LogP) is 1.49. The minimum Gasteiger partial charge on any atom is -0.269 e. The van der Waals surface area contributed by atoms with Gasteiger partial charge in [0.2, 0.25) is 0 Å². The Bertz CT molecular complexity index is 246. The zero-order valence-electron chi connectivity index (χ0n) is 8.33. The second-order valence-electron chi connectivity index (χ2n) is 3.55. The molecule has 3 nitrogen and oxygen atoms in total. The lowest BCUT2D eigenvalue weighted by atomic mass is 9.93. The zero-order chi connectivity index (χ0) is 10.1. The maximum absolute atomic E-state index is 11.4. The smallest absolute Gasteiger partial charge is 0.254 e. The maximum atomic E-state index is 11.4. The molecule has 1 heterocycles. The lowest BCUT2D eigenvalue weighted by Crippen LogP contribution is -2.48. The molecule has 0 aromatic rings. The van der Waals surface area contributed by atoms with Gasteiger partial charge in [-0.2, -0.15) is 0 Å². The van der Waals surface area contributed by atoms with Crippen molar-refractivity contribution in [2.75, 3.05) is 0 Å². The number of hydrogen-bond acceptors (Lipinski definition) is 2. The average molecular weight is 181 g/mol. The Labute approximate surface area is 78.4 Å². The van der Waals surface area contributed by atoms with Gasteiger partial charge in [-0.1, -0.05) is 13.8 Å². The lowest BCUT2D eigenvalue weighted by molar-refractivity contribution is -0.143. The SMILES string of the molecule is CCC(C)(CC)N1C(=O)C=CC1=O. The van der Waals surface area contributed by atoms with Crippen molar-refractivity contribution in [2.45, 2.75) is 39.2 Å². The first-order chi connectivity index (χ1) is 6.05. The molecule has 1 aliphatic heterocycles. The quantitative estimate of drug-likeness (QED) is 0.618. The molecule has 0 aromatic carbocycles. The van der Waals surface area contributed by atoms with Crippen LogP contribution in [0.2, 0.25) is 0 Å². The van der Waals surface area contributed by atoms with E-state index < -0.39 is 0 Å². The summed E-state index contributed by atoms with van der Waals surface area (Å²) in [5.74, 6) is -0.368. The molecule has 0 saturated heterocycles. The van der Waals surface area contributed by atoms with Crippen LogP contribution in [0.15, 0.2) is 12.2 Å². The molecule has 0 atom stereocenters. The molecule has 0 aromatic heterocycles. The molecule has 1 rings (SSSR count). The summed E-state index contributed by atoms with van der Waals surface area (Å²) in [6.45, 7) is 5.92. The predicted molar refractivity (Wildman–Crippen MR) is 50.0 cm³/mol. The number of rotatable bonds is 3. The van der Waals surface area contributed by atoms with E-state index in [0.717, 1.165) is 12.8 Å². The fourth-order valence-corrected chi connectivity index (χ4v) is 1.50.